The maximum absolute atomic E-state index is 12.5. The lowest BCUT2D eigenvalue weighted by atomic mass is 9.52. The Morgan fingerprint density at radius 1 is 1.21 bits per heavy atom. The smallest absolute Gasteiger partial charge is 0.309 e. The lowest BCUT2D eigenvalue weighted by Crippen LogP contribution is -2.56. The summed E-state index contributed by atoms with van der Waals surface area (Å²) in [7, 11) is 0. The van der Waals surface area contributed by atoms with Gasteiger partial charge in [0, 0.05) is 5.92 Å². The molecule has 0 aromatic rings. The summed E-state index contributed by atoms with van der Waals surface area (Å²) in [5, 5.41) is 0. The fraction of sp³-hybridized carbons (Fsp3) is 0.857. The largest absolute Gasteiger partial charge is 0.464 e. The average molecular weight is 392 g/mol. The van der Waals surface area contributed by atoms with Crippen LogP contribution in [0.5, 0.6) is 0 Å². The van der Waals surface area contributed by atoms with E-state index in [0.717, 1.165) is 0 Å². The number of fused-ring (bicyclic) bond motifs is 2. The molecule has 3 heterocycles. The van der Waals surface area contributed by atoms with Gasteiger partial charge in [-0.25, -0.2) is 0 Å². The molecule has 154 valence electrons. The van der Waals surface area contributed by atoms with Gasteiger partial charge in [-0.15, -0.1) is 0 Å². The normalized spacial score (nSPS) is 53.9. The van der Waals surface area contributed by atoms with Crippen molar-refractivity contribution in [1.82, 2.24) is 0 Å². The number of hydrogen-bond donors (Lipinski definition) is 0. The molecule has 0 N–H and O–H groups in total. The Kier molecular flexibility index (Phi) is 3.35. The molecule has 7 unspecified atom stereocenters. The Balaban J connectivity index is 1.74. The van der Waals surface area contributed by atoms with E-state index < -0.39 is 28.8 Å². The fourth-order valence-corrected chi connectivity index (χ4v) is 8.10. The lowest BCUT2D eigenvalue weighted by molar-refractivity contribution is -0.201. The summed E-state index contributed by atoms with van der Waals surface area (Å²) >= 11 is 0. The number of carbonyl (C=O) groups is 3. The molecule has 0 aromatic carbocycles. The van der Waals surface area contributed by atoms with E-state index in [1.165, 1.54) is 0 Å². The number of hydrogen-bond acceptors (Lipinski definition) is 7. The molecule has 5 fully saturated rings. The molecule has 28 heavy (non-hydrogen) atoms. The summed E-state index contributed by atoms with van der Waals surface area (Å²) in [6.45, 7) is 10.8. The zero-order valence-corrected chi connectivity index (χ0v) is 17.0. The molecule has 2 saturated carbocycles. The first-order chi connectivity index (χ1) is 13.0. The standard InChI is InChI=1S/C21H28O7/c1-10-15-11(26-16(10)24)7-21-13(25-9-22)6-12(18(2,3)4)20(21)8-14(23)27-17(20)28-19(15,21)5/h9-13,15,17H,6-8H2,1-5H3/t10-,11?,12-,13?,15?,17?,19?,20?,21?/m0/s1. The second-order valence-corrected chi connectivity index (χ2v) is 10.6. The van der Waals surface area contributed by atoms with Gasteiger partial charge in [-0.05, 0) is 31.1 Å². The maximum Gasteiger partial charge on any atom is 0.309 e. The quantitative estimate of drug-likeness (QED) is 0.404. The molecule has 0 radical (unpaired) electrons. The zero-order valence-electron chi connectivity index (χ0n) is 17.0. The van der Waals surface area contributed by atoms with Crippen molar-refractivity contribution >= 4 is 18.4 Å². The predicted molar refractivity (Wildman–Crippen MR) is 94.5 cm³/mol. The van der Waals surface area contributed by atoms with Crippen LogP contribution in [0.4, 0.5) is 0 Å². The molecule has 7 nitrogen and oxygen atoms in total. The summed E-state index contributed by atoms with van der Waals surface area (Å²) in [6.07, 6.45) is 0.0416. The summed E-state index contributed by atoms with van der Waals surface area (Å²) in [6, 6.07) is 0. The Bertz CT molecular complexity index is 771. The van der Waals surface area contributed by atoms with Crippen molar-refractivity contribution in [1.29, 1.82) is 0 Å². The molecular weight excluding hydrogens is 364 g/mol. The third-order valence-corrected chi connectivity index (χ3v) is 8.79. The third-order valence-electron chi connectivity index (χ3n) is 8.79. The van der Waals surface area contributed by atoms with E-state index >= 15 is 0 Å². The van der Waals surface area contributed by atoms with Crippen molar-refractivity contribution in [2.75, 3.05) is 0 Å². The van der Waals surface area contributed by atoms with Crippen LogP contribution in [0.3, 0.4) is 0 Å². The van der Waals surface area contributed by atoms with Gasteiger partial charge in [0.25, 0.3) is 6.47 Å². The average Bonchev–Trinajstić information content (AvgIpc) is 3.24. The van der Waals surface area contributed by atoms with Gasteiger partial charge >= 0.3 is 11.9 Å². The van der Waals surface area contributed by atoms with Gasteiger partial charge in [-0.1, -0.05) is 27.7 Å². The van der Waals surface area contributed by atoms with Crippen LogP contribution in [0.1, 0.15) is 53.9 Å². The number of rotatable bonds is 2. The molecule has 3 aliphatic heterocycles. The molecule has 2 spiro atoms. The first-order valence-corrected chi connectivity index (χ1v) is 10.2. The van der Waals surface area contributed by atoms with Crippen molar-refractivity contribution in [2.24, 2.45) is 34.0 Å². The van der Waals surface area contributed by atoms with Gasteiger partial charge in [-0.2, -0.15) is 0 Å². The summed E-state index contributed by atoms with van der Waals surface area (Å²) in [4.78, 5) is 36.2. The lowest BCUT2D eigenvalue weighted by Gasteiger charge is -2.48. The molecular formula is C21H28O7. The Morgan fingerprint density at radius 2 is 1.93 bits per heavy atom. The monoisotopic (exact) mass is 392 g/mol. The van der Waals surface area contributed by atoms with Crippen molar-refractivity contribution in [3.05, 3.63) is 0 Å². The third kappa shape index (κ3) is 1.70. The van der Waals surface area contributed by atoms with Gasteiger partial charge in [-0.3, -0.25) is 14.4 Å². The molecule has 2 aliphatic carbocycles. The Hall–Kier alpha value is -1.63. The van der Waals surface area contributed by atoms with Crippen LogP contribution in [-0.2, 0) is 33.3 Å². The van der Waals surface area contributed by atoms with Crippen molar-refractivity contribution < 1.29 is 33.3 Å². The van der Waals surface area contributed by atoms with E-state index in [9.17, 15) is 14.4 Å². The molecule has 9 atom stereocenters. The topological polar surface area (TPSA) is 88.1 Å². The van der Waals surface area contributed by atoms with E-state index in [0.29, 0.717) is 19.3 Å². The van der Waals surface area contributed by atoms with Crippen LogP contribution in [0.25, 0.3) is 0 Å². The SMILES string of the molecule is C[C@@H]1C(=O)OC2CC34C(OC=O)C[C@@H](C(C)(C)C)C35CC(=O)OC5OC4(C)C21. The molecule has 3 saturated heterocycles. The zero-order chi connectivity index (χ0) is 20.3. The number of carbonyl (C=O) groups excluding carboxylic acids is 3. The summed E-state index contributed by atoms with van der Waals surface area (Å²) < 4.78 is 23.7. The highest BCUT2D eigenvalue weighted by Gasteiger charge is 2.89. The molecule has 5 rings (SSSR count). The minimum Gasteiger partial charge on any atom is -0.464 e. The van der Waals surface area contributed by atoms with Crippen molar-refractivity contribution in [3.63, 3.8) is 0 Å². The molecule has 0 amide bonds. The van der Waals surface area contributed by atoms with Crippen LogP contribution in [0, 0.1) is 34.0 Å². The highest BCUT2D eigenvalue weighted by molar-refractivity contribution is 5.77. The van der Waals surface area contributed by atoms with Crippen LogP contribution in [0.2, 0.25) is 0 Å². The van der Waals surface area contributed by atoms with E-state index in [2.05, 4.69) is 20.8 Å². The maximum atomic E-state index is 12.5. The molecule has 5 aliphatic rings. The molecule has 0 aromatic heterocycles. The van der Waals surface area contributed by atoms with Gasteiger partial charge in [0.2, 0.25) is 6.29 Å². The van der Waals surface area contributed by atoms with E-state index in [1.54, 1.807) is 0 Å². The van der Waals surface area contributed by atoms with Crippen LogP contribution >= 0.6 is 0 Å². The highest BCUT2D eigenvalue weighted by Crippen LogP contribution is 2.81. The molecule has 7 heteroatoms. The predicted octanol–water partition coefficient (Wildman–Crippen LogP) is 2.21. The van der Waals surface area contributed by atoms with Crippen LogP contribution in [0.15, 0.2) is 0 Å². The van der Waals surface area contributed by atoms with Crippen LogP contribution in [-0.4, -0.2) is 42.5 Å². The Morgan fingerprint density at radius 3 is 2.57 bits per heavy atom. The van der Waals surface area contributed by atoms with Gasteiger partial charge in [0.15, 0.2) is 0 Å². The first kappa shape index (κ1) is 18.4. The van der Waals surface area contributed by atoms with Crippen molar-refractivity contribution in [2.45, 2.75) is 78.0 Å². The number of esters is 2. The second kappa shape index (κ2) is 5.10. The van der Waals surface area contributed by atoms with Gasteiger partial charge in [0.05, 0.1) is 28.8 Å². The minimum atomic E-state index is -0.776. The van der Waals surface area contributed by atoms with Gasteiger partial charge < -0.3 is 18.9 Å². The van der Waals surface area contributed by atoms with Gasteiger partial charge in [0.1, 0.15) is 12.2 Å². The van der Waals surface area contributed by atoms with Crippen LogP contribution < -0.4 is 0 Å². The number of ether oxygens (including phenoxy) is 4. The van der Waals surface area contributed by atoms with E-state index in [4.69, 9.17) is 18.9 Å². The van der Waals surface area contributed by atoms with E-state index in [-0.39, 0.29) is 47.6 Å². The highest BCUT2D eigenvalue weighted by atomic mass is 16.7. The minimum absolute atomic E-state index is 0.0630. The van der Waals surface area contributed by atoms with Crippen molar-refractivity contribution in [3.8, 4) is 0 Å². The molecule has 0 bridgehead atoms. The second-order valence-electron chi connectivity index (χ2n) is 10.6. The van der Waals surface area contributed by atoms with E-state index in [1.807, 2.05) is 13.8 Å². The summed E-state index contributed by atoms with van der Waals surface area (Å²) in [5.74, 6) is -0.886. The summed E-state index contributed by atoms with van der Waals surface area (Å²) in [5.41, 5.74) is -2.14. The first-order valence-electron chi connectivity index (χ1n) is 10.2. The Labute approximate surface area is 164 Å². The fourth-order valence-electron chi connectivity index (χ4n) is 8.10.